The number of hydrogen-bond donors (Lipinski definition) is 0. The maximum atomic E-state index is 13.6. The molecule has 0 aliphatic rings. The Bertz CT molecular complexity index is 983. The second-order valence-electron chi connectivity index (χ2n) is 6.36. The summed E-state index contributed by atoms with van der Waals surface area (Å²) in [5, 5.41) is 0. The molecule has 0 saturated heterocycles. The Morgan fingerprint density at radius 1 is 1.17 bits per heavy atom. The van der Waals surface area contributed by atoms with E-state index in [9.17, 15) is 22.8 Å². The van der Waals surface area contributed by atoms with E-state index in [-0.39, 0.29) is 16.7 Å². The van der Waals surface area contributed by atoms with Crippen LogP contribution in [0.25, 0.3) is 5.57 Å². The molecule has 0 aliphatic heterocycles. The zero-order valence-corrected chi connectivity index (χ0v) is 16.8. The first-order chi connectivity index (χ1) is 14.1. The number of alkyl halides is 3. The average molecular weight is 426 g/mol. The van der Waals surface area contributed by atoms with Crippen molar-refractivity contribution in [1.29, 1.82) is 0 Å². The minimum Gasteiger partial charge on any atom is -0.503 e. The van der Waals surface area contributed by atoms with E-state index in [2.05, 4.69) is 4.98 Å². The van der Waals surface area contributed by atoms with Gasteiger partial charge in [0.2, 0.25) is 5.82 Å². The molecule has 1 aromatic heterocycles. The minimum absolute atomic E-state index is 0.0570. The van der Waals surface area contributed by atoms with Crippen LogP contribution < -0.4 is 5.56 Å². The number of nitrogens with zero attached hydrogens (tertiary/aromatic N) is 2. The number of methoxy groups -OCH3 is 2. The lowest BCUT2D eigenvalue weighted by atomic mass is 9.99. The molecule has 2 rings (SSSR count). The first kappa shape index (κ1) is 23.1. The molecule has 0 saturated carbocycles. The highest BCUT2D eigenvalue weighted by atomic mass is 19.4. The van der Waals surface area contributed by atoms with Crippen molar-refractivity contribution < 1.29 is 32.2 Å². The lowest BCUT2D eigenvalue weighted by Crippen LogP contribution is -2.35. The number of hydrogen-bond acceptors (Lipinski definition) is 6. The fraction of sp³-hybridized carbons (Fsp3) is 0.350. The summed E-state index contributed by atoms with van der Waals surface area (Å²) in [5.74, 6) is -2.20. The average Bonchev–Trinajstić information content (AvgIpc) is 2.69. The van der Waals surface area contributed by atoms with Crippen LogP contribution in [0.3, 0.4) is 0 Å². The van der Waals surface area contributed by atoms with Gasteiger partial charge < -0.3 is 14.2 Å². The summed E-state index contributed by atoms with van der Waals surface area (Å²) < 4.78 is 56.7. The summed E-state index contributed by atoms with van der Waals surface area (Å²) in [6.45, 7) is 3.22. The van der Waals surface area contributed by atoms with Crippen molar-refractivity contribution >= 4 is 11.5 Å². The molecule has 0 fully saturated rings. The smallest absolute Gasteiger partial charge is 0.449 e. The molecule has 7 nitrogen and oxygen atoms in total. The number of esters is 1. The van der Waals surface area contributed by atoms with Crippen LogP contribution in [0.5, 0.6) is 0 Å². The Morgan fingerprint density at radius 2 is 1.83 bits per heavy atom. The highest BCUT2D eigenvalue weighted by Crippen LogP contribution is 2.34. The summed E-state index contributed by atoms with van der Waals surface area (Å²) in [6, 6.07) is 6.97. The van der Waals surface area contributed by atoms with Gasteiger partial charge in [0.15, 0.2) is 6.23 Å². The quantitative estimate of drug-likeness (QED) is 0.384. The number of aromatic nitrogens is 2. The van der Waals surface area contributed by atoms with E-state index in [1.54, 1.807) is 26.0 Å². The summed E-state index contributed by atoms with van der Waals surface area (Å²) in [4.78, 5) is 28.1. The molecule has 0 bridgehead atoms. The van der Waals surface area contributed by atoms with Crippen LogP contribution in [-0.4, -0.2) is 35.8 Å². The van der Waals surface area contributed by atoms with Gasteiger partial charge in [-0.3, -0.25) is 9.36 Å². The van der Waals surface area contributed by atoms with Gasteiger partial charge in [0.1, 0.15) is 5.57 Å². The summed E-state index contributed by atoms with van der Waals surface area (Å²) >= 11 is 0. The topological polar surface area (TPSA) is 79.7 Å². The Kier molecular flexibility index (Phi) is 7.38. The fourth-order valence-corrected chi connectivity index (χ4v) is 2.79. The molecular formula is C20H21F3N2O5. The molecule has 0 radical (unpaired) electrons. The third kappa shape index (κ3) is 5.07. The molecule has 162 valence electrons. The normalized spacial score (nSPS) is 13.3. The third-order valence-corrected chi connectivity index (χ3v) is 3.93. The van der Waals surface area contributed by atoms with Crippen molar-refractivity contribution in [2.45, 2.75) is 32.4 Å². The molecule has 1 atom stereocenters. The first-order valence-electron chi connectivity index (χ1n) is 8.82. The largest absolute Gasteiger partial charge is 0.503 e. The lowest BCUT2D eigenvalue weighted by Gasteiger charge is -2.27. The molecule has 1 unspecified atom stereocenters. The molecule has 30 heavy (non-hydrogen) atoms. The summed E-state index contributed by atoms with van der Waals surface area (Å²) in [7, 11) is 2.46. The number of rotatable bonds is 7. The van der Waals surface area contributed by atoms with E-state index in [0.29, 0.717) is 4.57 Å². The van der Waals surface area contributed by atoms with Crippen molar-refractivity contribution in [3.8, 4) is 0 Å². The summed E-state index contributed by atoms with van der Waals surface area (Å²) in [5.41, 5.74) is -0.715. The molecule has 0 N–H and O–H groups in total. The Hall–Kier alpha value is -3.14. The molecule has 1 aromatic carbocycles. The number of benzene rings is 1. The predicted molar refractivity (Wildman–Crippen MR) is 101 cm³/mol. The second kappa shape index (κ2) is 9.57. The Balaban J connectivity index is 2.84. The maximum absolute atomic E-state index is 13.6. The monoisotopic (exact) mass is 426 g/mol. The van der Waals surface area contributed by atoms with Crippen LogP contribution in [0.4, 0.5) is 13.2 Å². The number of carbonyl (C=O) groups excluding carboxylic acids is 1. The third-order valence-electron chi connectivity index (χ3n) is 3.93. The highest BCUT2D eigenvalue weighted by Gasteiger charge is 2.39. The number of halogens is 3. The van der Waals surface area contributed by atoms with E-state index in [1.807, 2.05) is 0 Å². The van der Waals surface area contributed by atoms with Gasteiger partial charge in [0, 0.05) is 17.8 Å². The van der Waals surface area contributed by atoms with E-state index >= 15 is 0 Å². The van der Waals surface area contributed by atoms with Crippen molar-refractivity contribution in [2.75, 3.05) is 14.2 Å². The lowest BCUT2D eigenvalue weighted by molar-refractivity contribution is -0.154. The first-order valence-corrected chi connectivity index (χ1v) is 8.82. The van der Waals surface area contributed by atoms with Gasteiger partial charge in [0.05, 0.1) is 26.6 Å². The number of ether oxygens (including phenoxy) is 3. The van der Waals surface area contributed by atoms with E-state index in [4.69, 9.17) is 14.2 Å². The van der Waals surface area contributed by atoms with Crippen LogP contribution in [0.1, 0.15) is 37.0 Å². The molecule has 2 aromatic rings. The van der Waals surface area contributed by atoms with E-state index in [0.717, 1.165) is 25.6 Å². The standard InChI is InChI=1S/C20H21F3N2O5/c1-12(2)30-17(25-16(26)9-10-24-19(25)20(21,22)23)14-8-6-5-7-13(14)15(11-28-3)18(27)29-4/h5-12,17H,1-4H3/b15-11-. The van der Waals surface area contributed by atoms with Gasteiger partial charge in [0.25, 0.3) is 5.56 Å². The fourth-order valence-electron chi connectivity index (χ4n) is 2.79. The van der Waals surface area contributed by atoms with Crippen LogP contribution in [0.2, 0.25) is 0 Å². The van der Waals surface area contributed by atoms with Crippen LogP contribution in [-0.2, 0) is 25.2 Å². The van der Waals surface area contributed by atoms with Gasteiger partial charge in [-0.15, -0.1) is 0 Å². The van der Waals surface area contributed by atoms with Crippen LogP contribution in [0.15, 0.2) is 47.6 Å². The Morgan fingerprint density at radius 3 is 2.40 bits per heavy atom. The van der Waals surface area contributed by atoms with Gasteiger partial charge in [-0.05, 0) is 19.4 Å². The van der Waals surface area contributed by atoms with Gasteiger partial charge >= 0.3 is 12.1 Å². The molecule has 0 spiro atoms. The molecule has 1 heterocycles. The van der Waals surface area contributed by atoms with Crippen molar-refractivity contribution in [3.05, 3.63) is 70.1 Å². The van der Waals surface area contributed by atoms with Gasteiger partial charge in [-0.2, -0.15) is 13.2 Å². The minimum atomic E-state index is -4.92. The second-order valence-corrected chi connectivity index (χ2v) is 6.36. The maximum Gasteiger partial charge on any atom is 0.449 e. The van der Waals surface area contributed by atoms with Crippen LogP contribution in [0, 0.1) is 0 Å². The SMILES string of the molecule is CO/C=C(\C(=O)OC)c1ccccc1C(OC(C)C)n1c(C(F)(F)F)nccc1=O. The van der Waals surface area contributed by atoms with Crippen molar-refractivity contribution in [1.82, 2.24) is 9.55 Å². The van der Waals surface area contributed by atoms with Crippen molar-refractivity contribution in [3.63, 3.8) is 0 Å². The molecule has 10 heteroatoms. The molecule has 0 amide bonds. The molecule has 0 aliphatic carbocycles. The predicted octanol–water partition coefficient (Wildman–Crippen LogP) is 3.39. The van der Waals surface area contributed by atoms with E-state index in [1.165, 1.54) is 19.2 Å². The van der Waals surface area contributed by atoms with Crippen molar-refractivity contribution in [2.24, 2.45) is 0 Å². The highest BCUT2D eigenvalue weighted by molar-refractivity contribution is 6.16. The van der Waals surface area contributed by atoms with Gasteiger partial charge in [-0.1, -0.05) is 24.3 Å². The van der Waals surface area contributed by atoms with E-state index < -0.39 is 35.9 Å². The Labute approximate surface area is 170 Å². The molecular weight excluding hydrogens is 405 g/mol. The number of carbonyl (C=O) groups is 1. The van der Waals surface area contributed by atoms with Crippen LogP contribution >= 0.6 is 0 Å². The zero-order valence-electron chi connectivity index (χ0n) is 16.8. The summed E-state index contributed by atoms with van der Waals surface area (Å²) in [6.07, 6.45) is -5.12. The van der Waals surface area contributed by atoms with Gasteiger partial charge in [-0.25, -0.2) is 9.78 Å². The zero-order chi connectivity index (χ0) is 22.5.